The Morgan fingerprint density at radius 1 is 1.12 bits per heavy atom. The number of carbonyl (C=O) groups excluding carboxylic acids is 1. The van der Waals surface area contributed by atoms with Crippen LogP contribution in [0.2, 0.25) is 5.02 Å². The van der Waals surface area contributed by atoms with Crippen molar-refractivity contribution in [1.82, 2.24) is 9.88 Å². The van der Waals surface area contributed by atoms with Crippen LogP contribution in [0.25, 0.3) is 0 Å². The predicted molar refractivity (Wildman–Crippen MR) is 111 cm³/mol. The van der Waals surface area contributed by atoms with Gasteiger partial charge in [-0.3, -0.25) is 9.78 Å². The number of hydrogen-bond donors (Lipinski definition) is 0. The minimum atomic E-state index is 0.232. The van der Waals surface area contributed by atoms with E-state index in [-0.39, 0.29) is 5.92 Å². The van der Waals surface area contributed by atoms with Crippen LogP contribution in [0.5, 0.6) is 0 Å². The molecule has 3 nitrogen and oxygen atoms in total. The molecular weight excluding hydrogens is 479 g/mol. The molecule has 0 N–H and O–H groups in total. The molecule has 0 saturated carbocycles. The number of aryl methyl sites for hydroxylation is 2. The normalized spacial score (nSPS) is 20.3. The van der Waals surface area contributed by atoms with Gasteiger partial charge in [-0.05, 0) is 82.4 Å². The summed E-state index contributed by atoms with van der Waals surface area (Å²) in [5, 5.41) is 0.769. The average Bonchev–Trinajstić information content (AvgIpc) is 2.78. The summed E-state index contributed by atoms with van der Waals surface area (Å²) in [6.07, 6.45) is 6.79. The van der Waals surface area contributed by atoms with Gasteiger partial charge in [0, 0.05) is 39.2 Å². The first-order valence-electron chi connectivity index (χ1n) is 8.88. The Morgan fingerprint density at radius 2 is 1.85 bits per heavy atom. The van der Waals surface area contributed by atoms with Crippen LogP contribution in [-0.2, 0) is 17.6 Å². The highest BCUT2D eigenvalue weighted by atomic mass is 79.9. The SMILES string of the molecule is O=CN1CCC(C2c3ncc(Br)cc3CCc3cc(Cl)cc(Br)c32)CC1. The molecule has 1 aromatic heterocycles. The lowest BCUT2D eigenvalue weighted by Gasteiger charge is -2.35. The van der Waals surface area contributed by atoms with Gasteiger partial charge < -0.3 is 4.90 Å². The fourth-order valence-corrected chi connectivity index (χ4v) is 5.89. The monoisotopic (exact) mass is 496 g/mol. The van der Waals surface area contributed by atoms with Gasteiger partial charge in [0.05, 0.1) is 5.69 Å². The van der Waals surface area contributed by atoms with Crippen LogP contribution in [0.15, 0.2) is 33.3 Å². The number of carbonyl (C=O) groups is 1. The zero-order valence-electron chi connectivity index (χ0n) is 14.2. The van der Waals surface area contributed by atoms with Crippen LogP contribution < -0.4 is 0 Å². The van der Waals surface area contributed by atoms with E-state index in [0.29, 0.717) is 5.92 Å². The van der Waals surface area contributed by atoms with Crippen LogP contribution >= 0.6 is 43.5 Å². The van der Waals surface area contributed by atoms with E-state index in [1.54, 1.807) is 0 Å². The Bertz CT molecular complexity index is 850. The van der Waals surface area contributed by atoms with Gasteiger partial charge in [-0.2, -0.15) is 0 Å². The number of amides is 1. The number of nitrogens with zero attached hydrogens (tertiary/aromatic N) is 2. The molecule has 1 unspecified atom stereocenters. The van der Waals surface area contributed by atoms with Gasteiger partial charge in [0.25, 0.3) is 0 Å². The first-order valence-corrected chi connectivity index (χ1v) is 10.8. The number of halogens is 3. The van der Waals surface area contributed by atoms with E-state index in [4.69, 9.17) is 16.6 Å². The van der Waals surface area contributed by atoms with Crippen molar-refractivity contribution in [2.75, 3.05) is 13.1 Å². The number of benzene rings is 1. The van der Waals surface area contributed by atoms with E-state index < -0.39 is 0 Å². The second-order valence-electron chi connectivity index (χ2n) is 7.11. The van der Waals surface area contributed by atoms with Gasteiger partial charge in [-0.15, -0.1) is 0 Å². The topological polar surface area (TPSA) is 33.2 Å². The van der Waals surface area contributed by atoms with Crippen molar-refractivity contribution >= 4 is 49.9 Å². The van der Waals surface area contributed by atoms with E-state index in [1.165, 1.54) is 22.4 Å². The number of fused-ring (bicyclic) bond motifs is 2. The van der Waals surface area contributed by atoms with Crippen LogP contribution in [0.1, 0.15) is 41.1 Å². The Balaban J connectivity index is 1.84. The molecule has 6 heteroatoms. The molecule has 1 aliphatic carbocycles. The molecule has 0 bridgehead atoms. The summed E-state index contributed by atoms with van der Waals surface area (Å²) in [4.78, 5) is 17.8. The number of aromatic nitrogens is 1. The summed E-state index contributed by atoms with van der Waals surface area (Å²) >= 11 is 13.7. The van der Waals surface area contributed by atoms with Crippen LogP contribution in [0.3, 0.4) is 0 Å². The fourth-order valence-electron chi connectivity index (χ4n) is 4.39. The molecule has 1 amide bonds. The highest BCUT2D eigenvalue weighted by molar-refractivity contribution is 9.10. The van der Waals surface area contributed by atoms with Crippen LogP contribution in [0, 0.1) is 5.92 Å². The summed E-state index contributed by atoms with van der Waals surface area (Å²) in [7, 11) is 0. The first-order chi connectivity index (χ1) is 12.6. The van der Waals surface area contributed by atoms with E-state index in [1.807, 2.05) is 17.2 Å². The maximum Gasteiger partial charge on any atom is 0.209 e. The van der Waals surface area contributed by atoms with E-state index >= 15 is 0 Å². The summed E-state index contributed by atoms with van der Waals surface area (Å²) in [5.74, 6) is 0.698. The zero-order valence-corrected chi connectivity index (χ0v) is 18.1. The van der Waals surface area contributed by atoms with Gasteiger partial charge in [0.2, 0.25) is 6.41 Å². The zero-order chi connectivity index (χ0) is 18.3. The molecule has 1 atom stereocenters. The van der Waals surface area contributed by atoms with E-state index in [2.05, 4.69) is 44.0 Å². The third-order valence-electron chi connectivity index (χ3n) is 5.61. The van der Waals surface area contributed by atoms with Crippen molar-refractivity contribution in [3.8, 4) is 0 Å². The summed E-state index contributed by atoms with van der Waals surface area (Å²) in [6.45, 7) is 1.63. The molecule has 0 spiro atoms. The maximum absolute atomic E-state index is 11.1. The average molecular weight is 499 g/mol. The minimum absolute atomic E-state index is 0.232. The summed E-state index contributed by atoms with van der Waals surface area (Å²) < 4.78 is 2.09. The summed E-state index contributed by atoms with van der Waals surface area (Å²) in [5.41, 5.74) is 5.12. The van der Waals surface area contributed by atoms with Crippen molar-refractivity contribution in [1.29, 1.82) is 0 Å². The third kappa shape index (κ3) is 3.46. The number of piperidine rings is 1. The Hall–Kier alpha value is -0.910. The molecule has 1 aromatic carbocycles. The minimum Gasteiger partial charge on any atom is -0.345 e. The molecular formula is C20H19Br2ClN2O. The van der Waals surface area contributed by atoms with Crippen LogP contribution in [0.4, 0.5) is 0 Å². The van der Waals surface area contributed by atoms with Crippen molar-refractivity contribution < 1.29 is 4.79 Å². The smallest absolute Gasteiger partial charge is 0.209 e. The molecule has 4 rings (SSSR count). The number of pyridine rings is 1. The van der Waals surface area contributed by atoms with Gasteiger partial charge in [-0.1, -0.05) is 27.5 Å². The number of rotatable bonds is 2. The lowest BCUT2D eigenvalue weighted by atomic mass is 9.76. The van der Waals surface area contributed by atoms with Crippen molar-refractivity contribution in [2.45, 2.75) is 31.6 Å². The maximum atomic E-state index is 11.1. The molecule has 2 aromatic rings. The Labute approximate surface area is 175 Å². The highest BCUT2D eigenvalue weighted by Gasteiger charge is 2.35. The lowest BCUT2D eigenvalue weighted by molar-refractivity contribution is -0.119. The Morgan fingerprint density at radius 3 is 2.58 bits per heavy atom. The number of hydrogen-bond acceptors (Lipinski definition) is 2. The van der Waals surface area contributed by atoms with Crippen molar-refractivity contribution in [3.63, 3.8) is 0 Å². The third-order valence-corrected chi connectivity index (χ3v) is 6.92. The molecule has 0 radical (unpaired) electrons. The number of likely N-dealkylation sites (tertiary alicyclic amines) is 1. The Kier molecular flexibility index (Phi) is 5.40. The van der Waals surface area contributed by atoms with Gasteiger partial charge >= 0.3 is 0 Å². The predicted octanol–water partition coefficient (Wildman–Crippen LogP) is 5.36. The molecule has 26 heavy (non-hydrogen) atoms. The molecule has 2 heterocycles. The summed E-state index contributed by atoms with van der Waals surface area (Å²) in [6, 6.07) is 6.31. The highest BCUT2D eigenvalue weighted by Crippen LogP contribution is 2.46. The van der Waals surface area contributed by atoms with Crippen LogP contribution in [-0.4, -0.2) is 29.4 Å². The fraction of sp³-hybridized carbons (Fsp3) is 0.400. The van der Waals surface area contributed by atoms with Crippen molar-refractivity contribution in [2.24, 2.45) is 5.92 Å². The molecule has 2 aliphatic rings. The van der Waals surface area contributed by atoms with E-state index in [9.17, 15) is 4.79 Å². The lowest BCUT2D eigenvalue weighted by Crippen LogP contribution is -2.35. The van der Waals surface area contributed by atoms with Gasteiger partial charge in [0.15, 0.2) is 0 Å². The van der Waals surface area contributed by atoms with Gasteiger partial charge in [-0.25, -0.2) is 0 Å². The second kappa shape index (κ2) is 7.61. The first kappa shape index (κ1) is 18.5. The van der Waals surface area contributed by atoms with Crippen molar-refractivity contribution in [3.05, 3.63) is 60.7 Å². The standard InChI is InChI=1S/C20H19Br2ClN2O/c21-15-7-14-2-1-13-8-16(23)9-17(22)18(13)19(20(14)24-10-15)12-3-5-25(11-26)6-4-12/h7-12,19H,1-6H2. The molecule has 1 saturated heterocycles. The molecule has 136 valence electrons. The molecule has 1 aliphatic heterocycles. The van der Waals surface area contributed by atoms with E-state index in [0.717, 1.165) is 59.2 Å². The van der Waals surface area contributed by atoms with Gasteiger partial charge in [0.1, 0.15) is 0 Å². The largest absolute Gasteiger partial charge is 0.345 e. The quantitative estimate of drug-likeness (QED) is 0.523. The second-order valence-corrected chi connectivity index (χ2v) is 9.32. The molecule has 1 fully saturated rings.